The van der Waals surface area contributed by atoms with Crippen LogP contribution in [0.4, 0.5) is 8.78 Å². The van der Waals surface area contributed by atoms with Gasteiger partial charge in [0.1, 0.15) is 0 Å². The molecule has 0 radical (unpaired) electrons. The van der Waals surface area contributed by atoms with Crippen molar-refractivity contribution < 1.29 is 18.3 Å². The minimum absolute atomic E-state index is 0.250. The third kappa shape index (κ3) is 4.65. The van der Waals surface area contributed by atoms with Crippen molar-refractivity contribution in [1.82, 2.24) is 10.2 Å². The molecule has 1 saturated heterocycles. The quantitative estimate of drug-likeness (QED) is 0.890. The number of nitrogens with one attached hydrogen (secondary N) is 1. The summed E-state index contributed by atoms with van der Waals surface area (Å²) in [7, 11) is 0. The van der Waals surface area contributed by atoms with Gasteiger partial charge in [0.05, 0.1) is 19.3 Å². The van der Waals surface area contributed by atoms with Crippen LogP contribution in [0.2, 0.25) is 0 Å². The first-order valence-electron chi connectivity index (χ1n) is 8.68. The van der Waals surface area contributed by atoms with Crippen molar-refractivity contribution in [1.29, 1.82) is 0 Å². The predicted molar refractivity (Wildman–Crippen MR) is 94.8 cm³/mol. The largest absolute Gasteiger partial charge is 0.379 e. The van der Waals surface area contributed by atoms with Gasteiger partial charge < -0.3 is 10.1 Å². The third-order valence-electron chi connectivity index (χ3n) is 4.52. The van der Waals surface area contributed by atoms with E-state index in [1.807, 2.05) is 12.1 Å². The number of morpholine rings is 1. The Hall–Kier alpha value is -2.31. The van der Waals surface area contributed by atoms with Gasteiger partial charge in [0, 0.05) is 25.2 Å². The molecule has 0 saturated carbocycles. The first-order valence-corrected chi connectivity index (χ1v) is 8.68. The van der Waals surface area contributed by atoms with Gasteiger partial charge in [0.15, 0.2) is 11.6 Å². The number of ether oxygens (including phenoxy) is 1. The first kappa shape index (κ1) is 18.5. The van der Waals surface area contributed by atoms with Crippen molar-refractivity contribution >= 4 is 5.91 Å². The number of hydrogen-bond donors (Lipinski definition) is 1. The molecule has 6 heteroatoms. The molecule has 0 spiro atoms. The van der Waals surface area contributed by atoms with E-state index in [-0.39, 0.29) is 5.91 Å². The van der Waals surface area contributed by atoms with Gasteiger partial charge in [-0.3, -0.25) is 9.69 Å². The maximum Gasteiger partial charge on any atom is 0.251 e. The summed E-state index contributed by atoms with van der Waals surface area (Å²) in [6.07, 6.45) is 0. The zero-order chi connectivity index (χ0) is 18.5. The van der Waals surface area contributed by atoms with Crippen LogP contribution in [0.25, 0.3) is 0 Å². The molecule has 1 aliphatic rings. The highest BCUT2D eigenvalue weighted by molar-refractivity contribution is 5.94. The van der Waals surface area contributed by atoms with E-state index < -0.39 is 17.7 Å². The van der Waals surface area contributed by atoms with Crippen molar-refractivity contribution in [2.45, 2.75) is 19.5 Å². The van der Waals surface area contributed by atoms with E-state index in [0.717, 1.165) is 50.5 Å². The Bertz CT molecular complexity index is 759. The summed E-state index contributed by atoms with van der Waals surface area (Å²) in [5, 5.41) is 2.80. The van der Waals surface area contributed by atoms with E-state index in [2.05, 4.69) is 10.2 Å². The van der Waals surface area contributed by atoms with Crippen molar-refractivity contribution in [2.24, 2.45) is 0 Å². The average molecular weight is 360 g/mol. The fraction of sp³-hybridized carbons (Fsp3) is 0.350. The Morgan fingerprint density at radius 3 is 2.46 bits per heavy atom. The number of halogens is 2. The van der Waals surface area contributed by atoms with Gasteiger partial charge in [-0.25, -0.2) is 8.78 Å². The molecule has 3 rings (SSSR count). The van der Waals surface area contributed by atoms with Crippen molar-refractivity contribution in [3.05, 3.63) is 70.8 Å². The Labute approximate surface area is 151 Å². The molecule has 138 valence electrons. The van der Waals surface area contributed by atoms with Crippen LogP contribution in [0.1, 0.15) is 34.5 Å². The fourth-order valence-electron chi connectivity index (χ4n) is 2.92. The average Bonchev–Trinajstić information content (AvgIpc) is 2.65. The molecule has 0 bridgehead atoms. The maximum atomic E-state index is 13.3. The van der Waals surface area contributed by atoms with E-state index in [4.69, 9.17) is 4.74 Å². The van der Waals surface area contributed by atoms with Crippen molar-refractivity contribution in [2.75, 3.05) is 26.3 Å². The molecular formula is C20H22F2N2O2. The molecule has 1 atom stereocenters. The van der Waals surface area contributed by atoms with Crippen LogP contribution >= 0.6 is 0 Å². The summed E-state index contributed by atoms with van der Waals surface area (Å²) >= 11 is 0. The third-order valence-corrected chi connectivity index (χ3v) is 4.52. The second-order valence-corrected chi connectivity index (χ2v) is 6.45. The molecule has 1 aliphatic heterocycles. The molecular weight excluding hydrogens is 338 g/mol. The lowest BCUT2D eigenvalue weighted by Gasteiger charge is -2.26. The molecule has 1 N–H and O–H groups in total. The number of carbonyl (C=O) groups excluding carboxylic acids is 1. The number of hydrogen-bond acceptors (Lipinski definition) is 3. The minimum atomic E-state index is -0.920. The van der Waals surface area contributed by atoms with Crippen LogP contribution in [0.5, 0.6) is 0 Å². The Morgan fingerprint density at radius 1 is 1.12 bits per heavy atom. The lowest BCUT2D eigenvalue weighted by atomic mass is 10.1. The molecule has 0 aliphatic carbocycles. The highest BCUT2D eigenvalue weighted by atomic mass is 19.2. The number of rotatable bonds is 5. The normalized spacial score (nSPS) is 16.3. The number of benzene rings is 2. The van der Waals surface area contributed by atoms with Gasteiger partial charge in [0.2, 0.25) is 0 Å². The Morgan fingerprint density at radius 2 is 1.81 bits per heavy atom. The molecule has 1 amide bonds. The Balaban J connectivity index is 1.59. The molecule has 2 aromatic carbocycles. The second kappa shape index (κ2) is 8.38. The lowest BCUT2D eigenvalue weighted by Crippen LogP contribution is -2.35. The topological polar surface area (TPSA) is 41.6 Å². The first-order chi connectivity index (χ1) is 12.5. The monoisotopic (exact) mass is 360 g/mol. The van der Waals surface area contributed by atoms with Crippen LogP contribution in [0.3, 0.4) is 0 Å². The van der Waals surface area contributed by atoms with Gasteiger partial charge in [0.25, 0.3) is 5.91 Å². The number of amides is 1. The van der Waals surface area contributed by atoms with Crippen LogP contribution in [-0.4, -0.2) is 37.1 Å². The van der Waals surface area contributed by atoms with E-state index in [1.165, 1.54) is 6.07 Å². The summed E-state index contributed by atoms with van der Waals surface area (Å²) in [4.78, 5) is 14.7. The molecule has 0 aromatic heterocycles. The molecule has 4 nitrogen and oxygen atoms in total. The van der Waals surface area contributed by atoms with Gasteiger partial charge in [-0.05, 0) is 42.3 Å². The van der Waals surface area contributed by atoms with Gasteiger partial charge in [-0.2, -0.15) is 0 Å². The molecule has 0 unspecified atom stereocenters. The summed E-state index contributed by atoms with van der Waals surface area (Å²) in [5.74, 6) is -2.07. The number of nitrogens with zero attached hydrogens (tertiary/aromatic N) is 1. The molecule has 1 fully saturated rings. The molecule has 26 heavy (non-hydrogen) atoms. The SMILES string of the molecule is C[C@@H](NC(=O)c1ccc(CN2CCOCC2)cc1)c1ccc(F)c(F)c1. The predicted octanol–water partition coefficient (Wildman–Crippen LogP) is 3.29. The van der Waals surface area contributed by atoms with Crippen molar-refractivity contribution in [3.8, 4) is 0 Å². The second-order valence-electron chi connectivity index (χ2n) is 6.45. The summed E-state index contributed by atoms with van der Waals surface area (Å²) < 4.78 is 31.7. The van der Waals surface area contributed by atoms with Crippen LogP contribution in [-0.2, 0) is 11.3 Å². The van der Waals surface area contributed by atoms with E-state index in [0.29, 0.717) is 11.1 Å². The molecule has 2 aromatic rings. The van der Waals surface area contributed by atoms with Crippen LogP contribution < -0.4 is 5.32 Å². The summed E-state index contributed by atoms with van der Waals surface area (Å²) in [6, 6.07) is 10.6. The highest BCUT2D eigenvalue weighted by Crippen LogP contribution is 2.17. The van der Waals surface area contributed by atoms with Crippen LogP contribution in [0.15, 0.2) is 42.5 Å². The maximum absolute atomic E-state index is 13.3. The molecule has 1 heterocycles. The van der Waals surface area contributed by atoms with E-state index in [1.54, 1.807) is 19.1 Å². The summed E-state index contributed by atoms with van der Waals surface area (Å²) in [5.41, 5.74) is 2.18. The smallest absolute Gasteiger partial charge is 0.251 e. The summed E-state index contributed by atoms with van der Waals surface area (Å²) in [6.45, 7) is 5.89. The highest BCUT2D eigenvalue weighted by Gasteiger charge is 2.14. The zero-order valence-corrected chi connectivity index (χ0v) is 14.7. The standard InChI is InChI=1S/C20H22F2N2O2/c1-14(17-6-7-18(21)19(22)12-17)23-20(25)16-4-2-15(3-5-16)13-24-8-10-26-11-9-24/h2-7,12,14H,8-11,13H2,1H3,(H,23,25)/t14-/m1/s1. The fourth-order valence-corrected chi connectivity index (χ4v) is 2.92. The minimum Gasteiger partial charge on any atom is -0.379 e. The Kier molecular flexibility index (Phi) is 5.96. The van der Waals surface area contributed by atoms with Gasteiger partial charge in [-0.1, -0.05) is 18.2 Å². The number of carbonyl (C=O) groups is 1. The lowest BCUT2D eigenvalue weighted by molar-refractivity contribution is 0.0342. The van der Waals surface area contributed by atoms with E-state index >= 15 is 0 Å². The van der Waals surface area contributed by atoms with Crippen molar-refractivity contribution in [3.63, 3.8) is 0 Å². The van der Waals surface area contributed by atoms with Gasteiger partial charge >= 0.3 is 0 Å². The van der Waals surface area contributed by atoms with Gasteiger partial charge in [-0.15, -0.1) is 0 Å². The van der Waals surface area contributed by atoms with E-state index in [9.17, 15) is 13.6 Å². The van der Waals surface area contributed by atoms with Crippen LogP contribution in [0, 0.1) is 11.6 Å². The zero-order valence-electron chi connectivity index (χ0n) is 14.7.